The molecule has 6 N–H and O–H groups in total. The summed E-state index contributed by atoms with van der Waals surface area (Å²) < 4.78 is 0. The van der Waals surface area contributed by atoms with E-state index in [1.165, 1.54) is 0 Å². The van der Waals surface area contributed by atoms with Crippen LogP contribution in [0.25, 0.3) is 0 Å². The van der Waals surface area contributed by atoms with E-state index in [1.54, 1.807) is 0 Å². The lowest BCUT2D eigenvalue weighted by Gasteiger charge is -0.413. The highest BCUT2D eigenvalue weighted by molar-refractivity contribution is 5.76. The van der Waals surface area contributed by atoms with Gasteiger partial charge in [-0.1, -0.05) is 0 Å². The van der Waals surface area contributed by atoms with Gasteiger partial charge in [0.1, 0.15) is 0 Å². The Morgan fingerprint density at radius 3 is 0.600 bits per heavy atom. The summed E-state index contributed by atoms with van der Waals surface area (Å²) in [5.41, 5.74) is 0. The molecule has 0 aromatic heterocycles. The molecule has 0 saturated carbocycles. The van der Waals surface area contributed by atoms with Crippen LogP contribution in [0.3, 0.4) is 0 Å². The van der Waals surface area contributed by atoms with E-state index in [9.17, 15) is 0 Å². The van der Waals surface area contributed by atoms with Gasteiger partial charge in [0.05, 0.1) is 0 Å². The number of hydrogen-bond acceptors (Lipinski definition) is 0. The predicted molar refractivity (Wildman–Crippen MR) is 26.5 cm³/mol. The molecule has 0 bridgehead atoms. The molecule has 0 heterocycles. The molecule has 5 heavy (non-hydrogen) atoms. The van der Waals surface area contributed by atoms with Gasteiger partial charge in [-0.25, -0.2) is 0 Å². The highest BCUT2D eigenvalue weighted by atomic mass is 27.0. The number of rotatable bonds is 0. The Morgan fingerprint density at radius 2 is 0.600 bits per heavy atom. The summed E-state index contributed by atoms with van der Waals surface area (Å²) in [6.45, 7) is 0. The zero-order valence-electron chi connectivity index (χ0n) is 2.08. The molecule has 0 aliphatic heterocycles. The van der Waals surface area contributed by atoms with Crippen molar-refractivity contribution >= 4 is 25.8 Å². The van der Waals surface area contributed by atoms with Gasteiger partial charge in [-0.3, -0.25) is 0 Å². The Labute approximate surface area is 43.0 Å². The maximum atomic E-state index is 0. The van der Waals surface area contributed by atoms with Crippen molar-refractivity contribution in [2.24, 2.45) is 0 Å². The molecule has 0 amide bonds. The third kappa shape index (κ3) is 121. The van der Waals surface area contributed by atoms with Crippen LogP contribution in [0.15, 0.2) is 0 Å². The molecule has 0 aliphatic rings. The van der Waals surface area contributed by atoms with Crippen molar-refractivity contribution in [2.75, 3.05) is 0 Å². The maximum Gasteiger partial charge on any atom is 0.187 e. The molecule has 0 aromatic carbocycles. The highest BCUT2D eigenvalue weighted by Gasteiger charge is 0.187. The van der Waals surface area contributed by atoms with Crippen LogP contribution in [0, 0.1) is 0 Å². The molecule has 0 aromatic rings. The third-order valence-electron chi connectivity index (χ3n) is 0. The molecule has 0 saturated heterocycles. The smallest absolute Gasteiger partial charge is 0.187 e. The molecule has 3 radical (unpaired) electrons. The maximum absolute atomic E-state index is 0. The van der Waals surface area contributed by atoms with Crippen molar-refractivity contribution in [1.82, 2.24) is 0 Å². The largest absolute Gasteiger partial charge is 0.412 e. The molecule has 3 nitrogen and oxygen atoms in total. The molecular weight excluding hydrogens is 85.8 g/mol. The van der Waals surface area contributed by atoms with E-state index in [4.69, 9.17) is 0 Å². The Balaban J connectivity index is 0. The molecule has 0 atom stereocenters. The van der Waals surface area contributed by atoms with Gasteiger partial charge in [0.15, 0.2) is 17.4 Å². The first-order valence-electron chi connectivity index (χ1n) is 0. The number of hydrogen-bond donors (Lipinski definition) is 0. The summed E-state index contributed by atoms with van der Waals surface area (Å²) in [6.07, 6.45) is 0. The minimum absolute atomic E-state index is 0. The van der Waals surface area contributed by atoms with Crippen LogP contribution < -0.4 is 0 Å². The molecule has 0 fully saturated rings. The van der Waals surface area contributed by atoms with Crippen LogP contribution in [0.2, 0.25) is 0 Å². The fourth-order valence-corrected chi connectivity index (χ4v) is 0. The summed E-state index contributed by atoms with van der Waals surface area (Å²) in [5.74, 6) is 0. The standard InChI is InChI=1S/Al.B.3H2O.3H/h;;3*1H2;;;. The quantitative estimate of drug-likeness (QED) is 0.274. The fourth-order valence-electron chi connectivity index (χ4n) is 0. The Kier molecular flexibility index (Phi) is 22900. The molecule has 0 unspecified atom stereocenters. The molecule has 0 spiro atoms. The SMILES string of the molecule is O.O.O.[AlH3].[B]. The third-order valence-corrected chi connectivity index (χ3v) is 0. The molecule has 0 rings (SSSR count). The predicted octanol–water partition coefficient (Wildman–Crippen LogP) is -4.04. The van der Waals surface area contributed by atoms with E-state index >= 15 is 0 Å². The zero-order chi connectivity index (χ0) is 0. The Bertz CT molecular complexity index is 6.85. The van der Waals surface area contributed by atoms with Crippen molar-refractivity contribution in [3.8, 4) is 0 Å². The van der Waals surface area contributed by atoms with Crippen molar-refractivity contribution in [2.45, 2.75) is 0 Å². The van der Waals surface area contributed by atoms with Gasteiger partial charge < -0.3 is 16.4 Å². The van der Waals surface area contributed by atoms with Crippen LogP contribution in [0.4, 0.5) is 0 Å². The molecule has 5 heteroatoms. The molecular formula is H9AlBO3. The summed E-state index contributed by atoms with van der Waals surface area (Å²) in [6, 6.07) is 0. The van der Waals surface area contributed by atoms with Crippen LogP contribution in [0.1, 0.15) is 0 Å². The van der Waals surface area contributed by atoms with Crippen LogP contribution in [0.5, 0.6) is 0 Å². The van der Waals surface area contributed by atoms with Gasteiger partial charge in [0.25, 0.3) is 0 Å². The van der Waals surface area contributed by atoms with E-state index in [0.717, 1.165) is 0 Å². The van der Waals surface area contributed by atoms with Gasteiger partial charge >= 0.3 is 0 Å². The average Bonchev–Trinajstić information content (AvgIpc) is 0. The van der Waals surface area contributed by atoms with Crippen LogP contribution in [-0.2, 0) is 0 Å². The van der Waals surface area contributed by atoms with E-state index < -0.39 is 0 Å². The minimum Gasteiger partial charge on any atom is -0.412 e. The normalized spacial score (nSPS) is 0. The second-order valence-electron chi connectivity index (χ2n) is 0. The summed E-state index contributed by atoms with van der Waals surface area (Å²) in [7, 11) is 0. The lowest BCUT2D eigenvalue weighted by molar-refractivity contribution is 0.823. The van der Waals surface area contributed by atoms with Crippen LogP contribution >= 0.6 is 0 Å². The topological polar surface area (TPSA) is 94.5 Å². The first-order chi connectivity index (χ1) is 0. The van der Waals surface area contributed by atoms with E-state index in [1.807, 2.05) is 0 Å². The first kappa shape index (κ1) is 482. The van der Waals surface area contributed by atoms with E-state index in [2.05, 4.69) is 0 Å². The Hall–Kier alpha value is 0.477. The van der Waals surface area contributed by atoms with Crippen molar-refractivity contribution < 1.29 is 16.4 Å². The second kappa shape index (κ2) is 238. The second-order valence-corrected chi connectivity index (χ2v) is 0. The highest BCUT2D eigenvalue weighted by Crippen LogP contribution is -0.287. The Morgan fingerprint density at radius 1 is 0.600 bits per heavy atom. The van der Waals surface area contributed by atoms with Crippen molar-refractivity contribution in [3.05, 3.63) is 0 Å². The van der Waals surface area contributed by atoms with Gasteiger partial charge in [-0.05, 0) is 0 Å². The minimum atomic E-state index is 0. The van der Waals surface area contributed by atoms with E-state index in [0.29, 0.717) is 0 Å². The summed E-state index contributed by atoms with van der Waals surface area (Å²) >= 11 is 0. The lowest BCUT2D eigenvalue weighted by atomic mass is 10.8. The van der Waals surface area contributed by atoms with E-state index in [-0.39, 0.29) is 42.2 Å². The van der Waals surface area contributed by atoms with Crippen molar-refractivity contribution in [3.63, 3.8) is 0 Å². The first-order valence-corrected chi connectivity index (χ1v) is 0. The average molecular weight is 94.9 g/mol. The van der Waals surface area contributed by atoms with Crippen molar-refractivity contribution in [1.29, 1.82) is 0 Å². The van der Waals surface area contributed by atoms with Gasteiger partial charge in [-0.2, -0.15) is 0 Å². The molecule has 33 valence electrons. The zero-order valence-corrected chi connectivity index (χ0v) is 2.08. The van der Waals surface area contributed by atoms with Gasteiger partial charge in [0, 0.05) is 8.41 Å². The summed E-state index contributed by atoms with van der Waals surface area (Å²) in [5, 5.41) is 0. The molecule has 0 aliphatic carbocycles. The summed E-state index contributed by atoms with van der Waals surface area (Å²) in [4.78, 5) is 0. The monoisotopic (exact) mass is 95.0 g/mol. The van der Waals surface area contributed by atoms with Crippen LogP contribution in [-0.4, -0.2) is 42.2 Å². The fraction of sp³-hybridized carbons (Fsp3) is 0. The van der Waals surface area contributed by atoms with Gasteiger partial charge in [0.2, 0.25) is 0 Å². The van der Waals surface area contributed by atoms with Gasteiger partial charge in [-0.15, -0.1) is 0 Å². The lowest BCUT2D eigenvalue weighted by Crippen LogP contribution is -0.382.